The summed E-state index contributed by atoms with van der Waals surface area (Å²) in [5.41, 5.74) is 3.39. The summed E-state index contributed by atoms with van der Waals surface area (Å²) in [5, 5.41) is 10.3. The number of anilines is 1. The standard InChI is InChI=1S/C16H24N6O/c1-9(2)19-16-17-7-13(8-18-16)15(23)22(6)12(5)14-10(3)20-21-11(14)4/h7-9,12H,1-6H3,(H,20,21)(H,17,18,19)/t12-/m0/s1. The molecule has 0 saturated heterocycles. The van der Waals surface area contributed by atoms with Gasteiger partial charge in [0, 0.05) is 36.7 Å². The third-order valence-corrected chi connectivity index (χ3v) is 3.82. The second-order valence-electron chi connectivity index (χ2n) is 6.03. The van der Waals surface area contributed by atoms with E-state index in [0.717, 1.165) is 17.0 Å². The molecule has 2 aromatic heterocycles. The lowest BCUT2D eigenvalue weighted by molar-refractivity contribution is 0.0741. The molecule has 2 rings (SSSR count). The van der Waals surface area contributed by atoms with E-state index in [1.165, 1.54) is 0 Å². The highest BCUT2D eigenvalue weighted by Gasteiger charge is 2.23. The first kappa shape index (κ1) is 16.9. The van der Waals surface area contributed by atoms with Crippen LogP contribution in [-0.2, 0) is 0 Å². The van der Waals surface area contributed by atoms with Crippen molar-refractivity contribution in [2.24, 2.45) is 0 Å². The molecule has 0 aliphatic rings. The molecule has 124 valence electrons. The zero-order valence-electron chi connectivity index (χ0n) is 14.5. The van der Waals surface area contributed by atoms with Gasteiger partial charge in [0.05, 0.1) is 17.3 Å². The van der Waals surface area contributed by atoms with Crippen LogP contribution in [0, 0.1) is 13.8 Å². The fourth-order valence-electron chi connectivity index (χ4n) is 2.52. The van der Waals surface area contributed by atoms with E-state index in [1.807, 2.05) is 34.6 Å². The van der Waals surface area contributed by atoms with Gasteiger partial charge in [0.25, 0.3) is 5.91 Å². The molecule has 0 bridgehead atoms. The van der Waals surface area contributed by atoms with Gasteiger partial charge in [-0.3, -0.25) is 9.89 Å². The van der Waals surface area contributed by atoms with Gasteiger partial charge in [-0.05, 0) is 34.6 Å². The van der Waals surface area contributed by atoms with Crippen LogP contribution in [0.5, 0.6) is 0 Å². The first-order valence-corrected chi connectivity index (χ1v) is 7.68. The van der Waals surface area contributed by atoms with Crippen LogP contribution in [-0.4, -0.2) is 44.1 Å². The van der Waals surface area contributed by atoms with E-state index in [2.05, 4.69) is 25.5 Å². The molecule has 1 atom stereocenters. The van der Waals surface area contributed by atoms with Crippen LogP contribution in [0.25, 0.3) is 0 Å². The third-order valence-electron chi connectivity index (χ3n) is 3.82. The molecule has 0 unspecified atom stereocenters. The molecule has 23 heavy (non-hydrogen) atoms. The van der Waals surface area contributed by atoms with Crippen LogP contribution in [0.3, 0.4) is 0 Å². The molecule has 0 spiro atoms. The number of nitrogens with zero attached hydrogens (tertiary/aromatic N) is 4. The summed E-state index contributed by atoms with van der Waals surface area (Å²) in [5.74, 6) is 0.405. The van der Waals surface area contributed by atoms with Crippen molar-refractivity contribution >= 4 is 11.9 Å². The van der Waals surface area contributed by atoms with Gasteiger partial charge in [-0.25, -0.2) is 9.97 Å². The van der Waals surface area contributed by atoms with Gasteiger partial charge in [0.2, 0.25) is 5.95 Å². The molecule has 0 aliphatic carbocycles. The van der Waals surface area contributed by atoms with Gasteiger partial charge in [-0.15, -0.1) is 0 Å². The van der Waals surface area contributed by atoms with Crippen LogP contribution in [0.4, 0.5) is 5.95 Å². The van der Waals surface area contributed by atoms with E-state index in [-0.39, 0.29) is 18.0 Å². The molecule has 2 aromatic rings. The Hall–Kier alpha value is -2.44. The third kappa shape index (κ3) is 3.67. The largest absolute Gasteiger partial charge is 0.352 e. The maximum Gasteiger partial charge on any atom is 0.257 e. The lowest BCUT2D eigenvalue weighted by Crippen LogP contribution is -2.30. The Balaban J connectivity index is 2.16. The van der Waals surface area contributed by atoms with Crippen LogP contribution in [0.1, 0.15) is 54.1 Å². The maximum absolute atomic E-state index is 12.6. The number of aromatic nitrogens is 4. The molecule has 0 fully saturated rings. The van der Waals surface area contributed by atoms with Gasteiger partial charge < -0.3 is 10.2 Å². The highest BCUT2D eigenvalue weighted by molar-refractivity contribution is 5.93. The number of amides is 1. The van der Waals surface area contributed by atoms with E-state index in [1.54, 1.807) is 24.3 Å². The molecule has 0 aromatic carbocycles. The molecule has 0 radical (unpaired) electrons. The number of aryl methyl sites for hydroxylation is 2. The summed E-state index contributed by atoms with van der Waals surface area (Å²) < 4.78 is 0. The number of hydrogen-bond donors (Lipinski definition) is 2. The lowest BCUT2D eigenvalue weighted by Gasteiger charge is -2.25. The first-order valence-electron chi connectivity index (χ1n) is 7.68. The molecular formula is C16H24N6O. The van der Waals surface area contributed by atoms with Gasteiger partial charge in [-0.2, -0.15) is 5.10 Å². The second-order valence-corrected chi connectivity index (χ2v) is 6.03. The van der Waals surface area contributed by atoms with Crippen LogP contribution in [0.2, 0.25) is 0 Å². The molecular weight excluding hydrogens is 292 g/mol. The predicted octanol–water partition coefficient (Wildman–Crippen LogP) is 2.47. The molecule has 7 heteroatoms. The minimum absolute atomic E-state index is 0.0882. The lowest BCUT2D eigenvalue weighted by atomic mass is 10.0. The Morgan fingerprint density at radius 2 is 1.83 bits per heavy atom. The van der Waals surface area contributed by atoms with Crippen LogP contribution in [0.15, 0.2) is 12.4 Å². The smallest absolute Gasteiger partial charge is 0.257 e. The Morgan fingerprint density at radius 1 is 1.22 bits per heavy atom. The van der Waals surface area contributed by atoms with Crippen molar-refractivity contribution in [1.82, 2.24) is 25.1 Å². The summed E-state index contributed by atoms with van der Waals surface area (Å²) in [4.78, 5) is 22.7. The van der Waals surface area contributed by atoms with Crippen molar-refractivity contribution in [3.8, 4) is 0 Å². The van der Waals surface area contributed by atoms with Crippen molar-refractivity contribution in [1.29, 1.82) is 0 Å². The maximum atomic E-state index is 12.6. The van der Waals surface area contributed by atoms with Gasteiger partial charge in [0.15, 0.2) is 0 Å². The molecule has 1 amide bonds. The Kier molecular flexibility index (Phi) is 4.98. The number of hydrogen-bond acceptors (Lipinski definition) is 5. The van der Waals surface area contributed by atoms with Gasteiger partial charge >= 0.3 is 0 Å². The summed E-state index contributed by atoms with van der Waals surface area (Å²) in [6.45, 7) is 9.89. The summed E-state index contributed by atoms with van der Waals surface area (Å²) in [7, 11) is 1.78. The average molecular weight is 316 g/mol. The minimum Gasteiger partial charge on any atom is -0.352 e. The van der Waals surface area contributed by atoms with E-state index in [0.29, 0.717) is 11.5 Å². The molecule has 7 nitrogen and oxygen atoms in total. The number of carbonyl (C=O) groups excluding carboxylic acids is 1. The van der Waals surface area contributed by atoms with Crippen molar-refractivity contribution in [3.05, 3.63) is 34.9 Å². The quantitative estimate of drug-likeness (QED) is 0.885. The zero-order chi connectivity index (χ0) is 17.1. The number of rotatable bonds is 5. The molecule has 0 aliphatic heterocycles. The van der Waals surface area contributed by atoms with E-state index in [9.17, 15) is 4.79 Å². The number of carbonyl (C=O) groups is 1. The molecule has 2 heterocycles. The minimum atomic E-state index is -0.117. The van der Waals surface area contributed by atoms with Crippen LogP contribution < -0.4 is 5.32 Å². The van der Waals surface area contributed by atoms with Crippen molar-refractivity contribution in [2.75, 3.05) is 12.4 Å². The monoisotopic (exact) mass is 316 g/mol. The Labute approximate surface area is 136 Å². The fraction of sp³-hybridized carbons (Fsp3) is 0.500. The van der Waals surface area contributed by atoms with E-state index < -0.39 is 0 Å². The normalized spacial score (nSPS) is 12.3. The van der Waals surface area contributed by atoms with Crippen molar-refractivity contribution in [3.63, 3.8) is 0 Å². The van der Waals surface area contributed by atoms with E-state index in [4.69, 9.17) is 0 Å². The second kappa shape index (κ2) is 6.76. The zero-order valence-corrected chi connectivity index (χ0v) is 14.5. The summed E-state index contributed by atoms with van der Waals surface area (Å²) in [6.07, 6.45) is 3.11. The van der Waals surface area contributed by atoms with Crippen molar-refractivity contribution < 1.29 is 4.79 Å². The van der Waals surface area contributed by atoms with Gasteiger partial charge in [0.1, 0.15) is 0 Å². The fourth-order valence-corrected chi connectivity index (χ4v) is 2.52. The highest BCUT2D eigenvalue weighted by Crippen LogP contribution is 2.25. The highest BCUT2D eigenvalue weighted by atomic mass is 16.2. The Morgan fingerprint density at radius 3 is 2.30 bits per heavy atom. The predicted molar refractivity (Wildman–Crippen MR) is 89.4 cm³/mol. The Bertz CT molecular complexity index is 657. The van der Waals surface area contributed by atoms with Crippen molar-refractivity contribution in [2.45, 2.75) is 46.7 Å². The number of nitrogens with one attached hydrogen (secondary N) is 2. The number of aromatic amines is 1. The average Bonchev–Trinajstić information content (AvgIpc) is 2.84. The summed E-state index contributed by atoms with van der Waals surface area (Å²) in [6, 6.07) is 0.154. The number of H-pyrrole nitrogens is 1. The summed E-state index contributed by atoms with van der Waals surface area (Å²) >= 11 is 0. The van der Waals surface area contributed by atoms with Crippen LogP contribution >= 0.6 is 0 Å². The SMILES string of the molecule is Cc1n[nH]c(C)c1[C@H](C)N(C)C(=O)c1cnc(NC(C)C)nc1. The van der Waals surface area contributed by atoms with E-state index >= 15 is 0 Å². The molecule has 0 saturated carbocycles. The van der Waals surface area contributed by atoms with Gasteiger partial charge in [-0.1, -0.05) is 0 Å². The first-order chi connectivity index (χ1) is 10.8. The molecule has 2 N–H and O–H groups in total. The topological polar surface area (TPSA) is 86.8 Å².